The Labute approximate surface area is 192 Å². The van der Waals surface area contributed by atoms with Crippen molar-refractivity contribution in [3.8, 4) is 0 Å². The summed E-state index contributed by atoms with van der Waals surface area (Å²) in [6.45, 7) is 3.06. The Morgan fingerprint density at radius 2 is 1.84 bits per heavy atom. The molecule has 1 fully saturated rings. The van der Waals surface area contributed by atoms with Gasteiger partial charge in [-0.15, -0.1) is 11.3 Å². The first kappa shape index (κ1) is 20.9. The summed E-state index contributed by atoms with van der Waals surface area (Å²) >= 11 is 1.72. The summed E-state index contributed by atoms with van der Waals surface area (Å²) in [7, 11) is -3.69. The van der Waals surface area contributed by atoms with E-state index in [-0.39, 0.29) is 10.9 Å². The fourth-order valence-corrected chi connectivity index (χ4v) is 6.77. The number of aromatic nitrogens is 2. The van der Waals surface area contributed by atoms with Gasteiger partial charge in [0.05, 0.1) is 21.9 Å². The molecule has 1 unspecified atom stereocenters. The molecule has 0 amide bonds. The fraction of sp³-hybridized carbons (Fsp3) is 0.250. The Morgan fingerprint density at radius 1 is 1.06 bits per heavy atom. The van der Waals surface area contributed by atoms with Gasteiger partial charge in [0.1, 0.15) is 15.7 Å². The number of thiazole rings is 1. The zero-order valence-electron chi connectivity index (χ0n) is 17.8. The van der Waals surface area contributed by atoms with E-state index < -0.39 is 10.0 Å². The van der Waals surface area contributed by atoms with E-state index in [0.29, 0.717) is 12.2 Å². The second kappa shape index (κ2) is 8.52. The summed E-state index contributed by atoms with van der Waals surface area (Å²) < 4.78 is 29.1. The molecule has 4 aromatic rings. The van der Waals surface area contributed by atoms with Crippen LogP contribution in [-0.4, -0.2) is 31.5 Å². The Morgan fingerprint density at radius 3 is 2.56 bits per heavy atom. The van der Waals surface area contributed by atoms with Crippen LogP contribution in [0.3, 0.4) is 0 Å². The molecule has 1 saturated heterocycles. The van der Waals surface area contributed by atoms with Gasteiger partial charge < -0.3 is 4.90 Å². The molecule has 8 heteroatoms. The first-order chi connectivity index (χ1) is 15.6. The molecule has 1 aliphatic heterocycles. The van der Waals surface area contributed by atoms with Gasteiger partial charge >= 0.3 is 0 Å². The molecular formula is C24H24N4O2S2. The van der Waals surface area contributed by atoms with Crippen molar-refractivity contribution < 1.29 is 8.42 Å². The number of sulfonamides is 1. The van der Waals surface area contributed by atoms with Crippen LogP contribution in [0, 0.1) is 0 Å². The highest BCUT2D eigenvalue weighted by molar-refractivity contribution is 7.92. The first-order valence-corrected chi connectivity index (χ1v) is 13.0. The monoisotopic (exact) mass is 464 g/mol. The third kappa shape index (κ3) is 3.73. The van der Waals surface area contributed by atoms with Gasteiger partial charge in [-0.05, 0) is 56.2 Å². The molecule has 6 nitrogen and oxygen atoms in total. The molecule has 5 rings (SSSR count). The maximum absolute atomic E-state index is 13.2. The molecule has 32 heavy (non-hydrogen) atoms. The minimum absolute atomic E-state index is 0.166. The molecule has 2 aromatic carbocycles. The summed E-state index contributed by atoms with van der Waals surface area (Å²) in [5.74, 6) is 0.786. The summed E-state index contributed by atoms with van der Waals surface area (Å²) in [5.41, 5.74) is 1.67. The van der Waals surface area contributed by atoms with Crippen LogP contribution in [0.15, 0.2) is 77.8 Å². The zero-order valence-corrected chi connectivity index (χ0v) is 19.4. The second-order valence-corrected chi connectivity index (χ2v) is 10.7. The molecular weight excluding hydrogens is 440 g/mol. The zero-order chi connectivity index (χ0) is 22.1. The number of nitrogens with zero attached hydrogens (tertiary/aromatic N) is 4. The van der Waals surface area contributed by atoms with E-state index in [9.17, 15) is 8.42 Å². The molecule has 0 N–H and O–H groups in total. The molecule has 0 radical (unpaired) electrons. The highest BCUT2D eigenvalue weighted by Crippen LogP contribution is 2.38. The van der Waals surface area contributed by atoms with Crippen molar-refractivity contribution in [2.75, 3.05) is 22.3 Å². The highest BCUT2D eigenvalue weighted by Gasteiger charge is 2.30. The van der Waals surface area contributed by atoms with E-state index in [4.69, 9.17) is 4.98 Å². The van der Waals surface area contributed by atoms with E-state index in [0.717, 1.165) is 35.7 Å². The highest BCUT2D eigenvalue weighted by atomic mass is 32.2. The van der Waals surface area contributed by atoms with Crippen LogP contribution < -0.4 is 9.21 Å². The SMILES string of the molecule is CCN(c1ccccc1)S(=O)(=O)c1ccc(N2CCCC2c2nc3ccccc3s2)nc1. The lowest BCUT2D eigenvalue weighted by Gasteiger charge is -2.25. The molecule has 0 aliphatic carbocycles. The quantitative estimate of drug-likeness (QED) is 0.390. The van der Waals surface area contributed by atoms with Gasteiger partial charge in [0.25, 0.3) is 10.0 Å². The maximum atomic E-state index is 13.2. The average molecular weight is 465 g/mol. The van der Waals surface area contributed by atoms with E-state index in [1.807, 2.05) is 49.4 Å². The third-order valence-corrected chi connectivity index (χ3v) is 8.81. The summed E-state index contributed by atoms with van der Waals surface area (Å²) in [4.78, 5) is 11.8. The predicted molar refractivity (Wildman–Crippen MR) is 130 cm³/mol. The van der Waals surface area contributed by atoms with Gasteiger partial charge in [0, 0.05) is 19.3 Å². The Balaban J connectivity index is 1.42. The minimum Gasteiger partial charge on any atom is -0.347 e. The van der Waals surface area contributed by atoms with Gasteiger partial charge in [-0.2, -0.15) is 0 Å². The van der Waals surface area contributed by atoms with Gasteiger partial charge in [-0.3, -0.25) is 4.31 Å². The predicted octanol–water partition coefficient (Wildman–Crippen LogP) is 5.25. The Hall–Kier alpha value is -2.97. The summed E-state index contributed by atoms with van der Waals surface area (Å²) in [6, 6.07) is 21.0. The summed E-state index contributed by atoms with van der Waals surface area (Å²) in [5, 5.41) is 1.09. The molecule has 2 aromatic heterocycles. The van der Waals surface area contributed by atoms with E-state index in [2.05, 4.69) is 16.0 Å². The number of para-hydroxylation sites is 2. The molecule has 1 aliphatic rings. The van der Waals surface area contributed by atoms with Crippen LogP contribution in [0.1, 0.15) is 30.8 Å². The molecule has 0 spiro atoms. The van der Waals surface area contributed by atoms with Gasteiger partial charge in [-0.25, -0.2) is 18.4 Å². The minimum atomic E-state index is -3.69. The van der Waals surface area contributed by atoms with Crippen LogP contribution in [0.4, 0.5) is 11.5 Å². The third-order valence-electron chi connectivity index (χ3n) is 5.78. The van der Waals surface area contributed by atoms with Crippen LogP contribution in [-0.2, 0) is 10.0 Å². The Kier molecular flexibility index (Phi) is 5.57. The van der Waals surface area contributed by atoms with E-state index in [1.54, 1.807) is 29.5 Å². The van der Waals surface area contributed by atoms with Crippen molar-refractivity contribution in [2.45, 2.75) is 30.7 Å². The normalized spacial score (nSPS) is 16.5. The number of hydrogen-bond acceptors (Lipinski definition) is 6. The molecule has 164 valence electrons. The number of pyridine rings is 1. The second-order valence-electron chi connectivity index (χ2n) is 7.73. The number of rotatable bonds is 6. The maximum Gasteiger partial charge on any atom is 0.265 e. The average Bonchev–Trinajstić information content (AvgIpc) is 3.47. The van der Waals surface area contributed by atoms with Crippen molar-refractivity contribution in [3.63, 3.8) is 0 Å². The lowest BCUT2D eigenvalue weighted by Crippen LogP contribution is -2.31. The smallest absolute Gasteiger partial charge is 0.265 e. The number of fused-ring (bicyclic) bond motifs is 1. The Bertz CT molecular complexity index is 1290. The van der Waals surface area contributed by atoms with Crippen LogP contribution >= 0.6 is 11.3 Å². The van der Waals surface area contributed by atoms with Gasteiger partial charge in [-0.1, -0.05) is 30.3 Å². The van der Waals surface area contributed by atoms with Crippen LogP contribution in [0.2, 0.25) is 0 Å². The van der Waals surface area contributed by atoms with Crippen LogP contribution in [0.25, 0.3) is 10.2 Å². The number of hydrogen-bond donors (Lipinski definition) is 0. The molecule has 3 heterocycles. The largest absolute Gasteiger partial charge is 0.347 e. The first-order valence-electron chi connectivity index (χ1n) is 10.7. The topological polar surface area (TPSA) is 66.4 Å². The number of benzene rings is 2. The summed E-state index contributed by atoms with van der Waals surface area (Å²) in [6.07, 6.45) is 3.54. The van der Waals surface area contributed by atoms with Crippen molar-refractivity contribution >= 4 is 43.1 Å². The van der Waals surface area contributed by atoms with Crippen molar-refractivity contribution in [1.82, 2.24) is 9.97 Å². The van der Waals surface area contributed by atoms with E-state index >= 15 is 0 Å². The standard InChI is InChI=1S/C24H24N4O2S2/c1-2-28(18-9-4-3-5-10-18)32(29,30)19-14-15-23(25-17-19)27-16-8-12-21(27)24-26-20-11-6-7-13-22(20)31-24/h3-7,9-11,13-15,17,21H,2,8,12,16H2,1H3. The molecule has 0 saturated carbocycles. The lowest BCUT2D eigenvalue weighted by molar-refractivity contribution is 0.591. The van der Waals surface area contributed by atoms with E-state index in [1.165, 1.54) is 15.2 Å². The van der Waals surface area contributed by atoms with Crippen molar-refractivity contribution in [2.24, 2.45) is 0 Å². The fourth-order valence-electron chi connectivity index (χ4n) is 4.24. The number of anilines is 2. The molecule has 0 bridgehead atoms. The van der Waals surface area contributed by atoms with Gasteiger partial charge in [0.2, 0.25) is 0 Å². The van der Waals surface area contributed by atoms with Crippen LogP contribution in [0.5, 0.6) is 0 Å². The van der Waals surface area contributed by atoms with Crippen molar-refractivity contribution in [1.29, 1.82) is 0 Å². The van der Waals surface area contributed by atoms with Gasteiger partial charge in [0.15, 0.2) is 0 Å². The van der Waals surface area contributed by atoms with Crippen molar-refractivity contribution in [3.05, 3.63) is 77.9 Å². The molecule has 1 atom stereocenters. The lowest BCUT2D eigenvalue weighted by atomic mass is 10.2.